The normalized spacial score (nSPS) is 10.7. The summed E-state index contributed by atoms with van der Waals surface area (Å²) in [6.07, 6.45) is 1.46. The molecule has 3 aromatic carbocycles. The van der Waals surface area contributed by atoms with Crippen molar-refractivity contribution < 1.29 is 27.4 Å². The zero-order chi connectivity index (χ0) is 23.5. The highest BCUT2D eigenvalue weighted by Crippen LogP contribution is 2.35. The standard InChI is InChI=1S/C24H18F3N3O3/c1-32-15-8-9-16(22(10-15)33-2)23-17(13-30(29-23)14-6-4-3-5-7-14)24(31)28-21-12-19(26)18(25)11-20(21)27/h3-13H,1-2H3,(H,28,31). The number of nitrogens with one attached hydrogen (secondary N) is 1. The number of rotatable bonds is 6. The van der Waals surface area contributed by atoms with Gasteiger partial charge in [-0.25, -0.2) is 17.9 Å². The van der Waals surface area contributed by atoms with E-state index in [4.69, 9.17) is 9.47 Å². The van der Waals surface area contributed by atoms with Crippen LogP contribution in [0.15, 0.2) is 66.9 Å². The van der Waals surface area contributed by atoms with Crippen LogP contribution in [-0.2, 0) is 0 Å². The topological polar surface area (TPSA) is 65.4 Å². The van der Waals surface area contributed by atoms with Crippen molar-refractivity contribution >= 4 is 11.6 Å². The highest BCUT2D eigenvalue weighted by molar-refractivity contribution is 6.08. The molecule has 0 saturated heterocycles. The van der Waals surface area contributed by atoms with Gasteiger partial charge in [-0.3, -0.25) is 4.79 Å². The van der Waals surface area contributed by atoms with Gasteiger partial charge in [0.25, 0.3) is 5.91 Å². The molecule has 0 unspecified atom stereocenters. The van der Waals surface area contributed by atoms with E-state index in [0.717, 1.165) is 0 Å². The van der Waals surface area contributed by atoms with Gasteiger partial charge in [0.15, 0.2) is 11.6 Å². The molecule has 0 aliphatic rings. The molecule has 9 heteroatoms. The Morgan fingerprint density at radius 1 is 0.909 bits per heavy atom. The molecule has 0 saturated carbocycles. The minimum atomic E-state index is -1.36. The first kappa shape index (κ1) is 21.9. The first-order chi connectivity index (χ1) is 15.9. The van der Waals surface area contributed by atoms with Gasteiger partial charge in [-0.05, 0) is 24.3 Å². The molecule has 0 fully saturated rings. The molecule has 0 atom stereocenters. The van der Waals surface area contributed by atoms with Crippen molar-refractivity contribution in [1.82, 2.24) is 9.78 Å². The van der Waals surface area contributed by atoms with E-state index in [-0.39, 0.29) is 11.3 Å². The molecule has 4 rings (SSSR count). The zero-order valence-electron chi connectivity index (χ0n) is 17.6. The zero-order valence-corrected chi connectivity index (χ0v) is 17.6. The van der Waals surface area contributed by atoms with Crippen LogP contribution in [0.2, 0.25) is 0 Å². The number of hydrogen-bond donors (Lipinski definition) is 1. The van der Waals surface area contributed by atoms with Gasteiger partial charge >= 0.3 is 0 Å². The number of hydrogen-bond acceptors (Lipinski definition) is 4. The molecule has 1 heterocycles. The maximum Gasteiger partial charge on any atom is 0.259 e. The summed E-state index contributed by atoms with van der Waals surface area (Å²) in [5.74, 6) is -3.60. The third kappa shape index (κ3) is 4.38. The van der Waals surface area contributed by atoms with Crippen molar-refractivity contribution in [1.29, 1.82) is 0 Å². The molecule has 168 valence electrons. The summed E-state index contributed by atoms with van der Waals surface area (Å²) >= 11 is 0. The number of aromatic nitrogens is 2. The van der Waals surface area contributed by atoms with Crippen LogP contribution >= 0.6 is 0 Å². The van der Waals surface area contributed by atoms with Crippen molar-refractivity contribution in [3.05, 3.63) is 89.9 Å². The Hall–Kier alpha value is -4.27. The van der Waals surface area contributed by atoms with Crippen LogP contribution in [0.25, 0.3) is 16.9 Å². The Morgan fingerprint density at radius 2 is 1.64 bits per heavy atom. The first-order valence-corrected chi connectivity index (χ1v) is 9.74. The number of anilines is 1. The summed E-state index contributed by atoms with van der Waals surface area (Å²) in [7, 11) is 2.97. The van der Waals surface area contributed by atoms with Crippen LogP contribution in [0.4, 0.5) is 18.9 Å². The molecule has 4 aromatic rings. The average Bonchev–Trinajstić information content (AvgIpc) is 3.28. The van der Waals surface area contributed by atoms with E-state index in [0.29, 0.717) is 34.9 Å². The molecule has 1 aromatic heterocycles. The monoisotopic (exact) mass is 453 g/mol. The predicted molar refractivity (Wildman–Crippen MR) is 116 cm³/mol. The predicted octanol–water partition coefficient (Wildman–Crippen LogP) is 5.23. The van der Waals surface area contributed by atoms with Crippen molar-refractivity contribution in [2.24, 2.45) is 0 Å². The van der Waals surface area contributed by atoms with E-state index < -0.39 is 29.0 Å². The van der Waals surface area contributed by atoms with Crippen LogP contribution in [0, 0.1) is 17.5 Å². The largest absolute Gasteiger partial charge is 0.497 e. The second kappa shape index (κ2) is 9.07. The van der Waals surface area contributed by atoms with E-state index in [2.05, 4.69) is 10.4 Å². The Labute approximate surface area is 187 Å². The summed E-state index contributed by atoms with van der Waals surface area (Å²) in [4.78, 5) is 13.1. The highest BCUT2D eigenvalue weighted by atomic mass is 19.2. The fraction of sp³-hybridized carbons (Fsp3) is 0.0833. The quantitative estimate of drug-likeness (QED) is 0.406. The lowest BCUT2D eigenvalue weighted by molar-refractivity contribution is 0.102. The molecule has 0 bridgehead atoms. The SMILES string of the molecule is COc1ccc(-c2nn(-c3ccccc3)cc2C(=O)Nc2cc(F)c(F)cc2F)c(OC)c1. The Morgan fingerprint density at radius 3 is 2.33 bits per heavy atom. The van der Waals surface area contributed by atoms with Crippen LogP contribution in [0.1, 0.15) is 10.4 Å². The number of benzene rings is 3. The second-order valence-corrected chi connectivity index (χ2v) is 6.94. The fourth-order valence-electron chi connectivity index (χ4n) is 3.25. The van der Waals surface area contributed by atoms with Gasteiger partial charge in [-0.2, -0.15) is 5.10 Å². The number of nitrogens with zero attached hydrogens (tertiary/aromatic N) is 2. The molecule has 1 N–H and O–H groups in total. The number of methoxy groups -OCH3 is 2. The lowest BCUT2D eigenvalue weighted by atomic mass is 10.1. The molecule has 0 spiro atoms. The molecule has 6 nitrogen and oxygen atoms in total. The van der Waals surface area contributed by atoms with Gasteiger partial charge in [-0.15, -0.1) is 0 Å². The van der Waals surface area contributed by atoms with E-state index in [1.807, 2.05) is 6.07 Å². The maximum atomic E-state index is 14.1. The van der Waals surface area contributed by atoms with Crippen molar-refractivity contribution in [3.8, 4) is 28.4 Å². The van der Waals surface area contributed by atoms with Crippen molar-refractivity contribution in [3.63, 3.8) is 0 Å². The average molecular weight is 453 g/mol. The summed E-state index contributed by atoms with van der Waals surface area (Å²) in [6, 6.07) is 15.0. The lowest BCUT2D eigenvalue weighted by Crippen LogP contribution is -2.14. The summed E-state index contributed by atoms with van der Waals surface area (Å²) in [5, 5.41) is 6.83. The Balaban J connectivity index is 1.83. The van der Waals surface area contributed by atoms with Gasteiger partial charge in [0.05, 0.1) is 31.2 Å². The number of ether oxygens (including phenoxy) is 2. The van der Waals surface area contributed by atoms with Gasteiger partial charge in [-0.1, -0.05) is 18.2 Å². The van der Waals surface area contributed by atoms with Gasteiger partial charge in [0.2, 0.25) is 0 Å². The Bertz CT molecular complexity index is 1320. The van der Waals surface area contributed by atoms with Crippen LogP contribution < -0.4 is 14.8 Å². The van der Waals surface area contributed by atoms with Crippen molar-refractivity contribution in [2.45, 2.75) is 0 Å². The van der Waals surface area contributed by atoms with E-state index in [9.17, 15) is 18.0 Å². The number of amides is 1. The second-order valence-electron chi connectivity index (χ2n) is 6.94. The third-order valence-electron chi connectivity index (χ3n) is 4.90. The molecule has 0 aliphatic heterocycles. The summed E-state index contributed by atoms with van der Waals surface area (Å²) in [6.45, 7) is 0. The van der Waals surface area contributed by atoms with Gasteiger partial charge < -0.3 is 14.8 Å². The van der Waals surface area contributed by atoms with Gasteiger partial charge in [0.1, 0.15) is 23.0 Å². The molecule has 33 heavy (non-hydrogen) atoms. The molecule has 0 aliphatic carbocycles. The van der Waals surface area contributed by atoms with Crippen LogP contribution in [0.5, 0.6) is 11.5 Å². The summed E-state index contributed by atoms with van der Waals surface area (Å²) < 4.78 is 53.2. The smallest absolute Gasteiger partial charge is 0.259 e. The van der Waals surface area contributed by atoms with E-state index >= 15 is 0 Å². The fourth-order valence-corrected chi connectivity index (χ4v) is 3.25. The summed E-state index contributed by atoms with van der Waals surface area (Å²) in [5.41, 5.74) is 0.942. The minimum absolute atomic E-state index is 0.0615. The van der Waals surface area contributed by atoms with Crippen molar-refractivity contribution in [2.75, 3.05) is 19.5 Å². The highest BCUT2D eigenvalue weighted by Gasteiger charge is 2.23. The molecule has 0 radical (unpaired) electrons. The lowest BCUT2D eigenvalue weighted by Gasteiger charge is -2.11. The first-order valence-electron chi connectivity index (χ1n) is 9.74. The van der Waals surface area contributed by atoms with Gasteiger partial charge in [0, 0.05) is 30.0 Å². The number of carbonyl (C=O) groups excluding carboxylic acids is 1. The third-order valence-corrected chi connectivity index (χ3v) is 4.90. The molecular formula is C24H18F3N3O3. The van der Waals surface area contributed by atoms with Crippen LogP contribution in [0.3, 0.4) is 0 Å². The van der Waals surface area contributed by atoms with E-state index in [1.165, 1.54) is 25.1 Å². The van der Waals surface area contributed by atoms with E-state index in [1.54, 1.807) is 42.5 Å². The Kier molecular flexibility index (Phi) is 6.03. The number of para-hydroxylation sites is 1. The minimum Gasteiger partial charge on any atom is -0.497 e. The molecular weight excluding hydrogens is 435 g/mol. The number of carbonyl (C=O) groups is 1. The number of halogens is 3. The maximum absolute atomic E-state index is 14.1. The molecule has 1 amide bonds. The van der Waals surface area contributed by atoms with Crippen LogP contribution in [-0.4, -0.2) is 29.9 Å².